The Kier molecular flexibility index (Phi) is 1.82. The Labute approximate surface area is 73.8 Å². The van der Waals surface area contributed by atoms with E-state index in [1.54, 1.807) is 0 Å². The molecule has 0 aromatic carbocycles. The minimum absolute atomic E-state index is 0.438. The standard InChI is InChI=1S/C11H16O/c1-3-8-6-9(8)11-7(2)4-5-10(11)12/h8-9H,3-6H2,1-2H3/t8-,9+/m0/s1. The number of carbonyl (C=O) groups excluding carboxylic acids is 1. The normalized spacial score (nSPS) is 34.7. The molecule has 2 atom stereocenters. The van der Waals surface area contributed by atoms with E-state index in [4.69, 9.17) is 0 Å². The molecule has 66 valence electrons. The predicted octanol–water partition coefficient (Wildman–Crippen LogP) is 2.71. The van der Waals surface area contributed by atoms with Crippen molar-refractivity contribution in [1.82, 2.24) is 0 Å². The van der Waals surface area contributed by atoms with E-state index in [0.717, 1.165) is 18.8 Å². The lowest BCUT2D eigenvalue weighted by Crippen LogP contribution is -1.99. The van der Waals surface area contributed by atoms with Gasteiger partial charge in [0.1, 0.15) is 0 Å². The van der Waals surface area contributed by atoms with Crippen LogP contribution in [0.4, 0.5) is 0 Å². The monoisotopic (exact) mass is 164 g/mol. The Hall–Kier alpha value is -0.590. The number of allylic oxidation sites excluding steroid dienone is 2. The lowest BCUT2D eigenvalue weighted by Gasteiger charge is -1.99. The number of ketones is 1. The van der Waals surface area contributed by atoms with E-state index >= 15 is 0 Å². The molecule has 0 amide bonds. The van der Waals surface area contributed by atoms with Crippen LogP contribution in [0.15, 0.2) is 11.1 Å². The second kappa shape index (κ2) is 2.72. The quantitative estimate of drug-likeness (QED) is 0.613. The summed E-state index contributed by atoms with van der Waals surface area (Å²) in [5.74, 6) is 1.93. The first-order valence-corrected chi connectivity index (χ1v) is 4.97. The molecule has 1 heteroatoms. The van der Waals surface area contributed by atoms with Crippen LogP contribution in [0.1, 0.15) is 39.5 Å². The summed E-state index contributed by atoms with van der Waals surface area (Å²) in [6.07, 6.45) is 4.33. The van der Waals surface area contributed by atoms with Gasteiger partial charge in [-0.05, 0) is 37.2 Å². The Morgan fingerprint density at radius 1 is 1.42 bits per heavy atom. The molecule has 0 N–H and O–H groups in total. The third-order valence-electron chi connectivity index (χ3n) is 3.31. The molecule has 0 bridgehead atoms. The van der Waals surface area contributed by atoms with Crippen molar-refractivity contribution in [3.63, 3.8) is 0 Å². The van der Waals surface area contributed by atoms with Gasteiger partial charge >= 0.3 is 0 Å². The van der Waals surface area contributed by atoms with Crippen molar-refractivity contribution in [1.29, 1.82) is 0 Å². The summed E-state index contributed by atoms with van der Waals surface area (Å²) >= 11 is 0. The fourth-order valence-corrected chi connectivity index (χ4v) is 2.38. The first-order chi connectivity index (χ1) is 5.74. The Morgan fingerprint density at radius 3 is 2.58 bits per heavy atom. The van der Waals surface area contributed by atoms with Crippen molar-refractivity contribution in [3.05, 3.63) is 11.1 Å². The Balaban J connectivity index is 2.13. The van der Waals surface area contributed by atoms with Crippen molar-refractivity contribution in [3.8, 4) is 0 Å². The molecule has 12 heavy (non-hydrogen) atoms. The van der Waals surface area contributed by atoms with Crippen LogP contribution in [0.5, 0.6) is 0 Å². The molecule has 0 aliphatic heterocycles. The van der Waals surface area contributed by atoms with Gasteiger partial charge in [-0.1, -0.05) is 18.9 Å². The van der Waals surface area contributed by atoms with E-state index in [-0.39, 0.29) is 0 Å². The number of hydrogen-bond donors (Lipinski definition) is 0. The molecule has 1 saturated carbocycles. The summed E-state index contributed by atoms with van der Waals surface area (Å²) in [6, 6.07) is 0. The minimum Gasteiger partial charge on any atom is -0.295 e. The van der Waals surface area contributed by atoms with Crippen molar-refractivity contribution in [2.24, 2.45) is 11.8 Å². The lowest BCUT2D eigenvalue weighted by atomic mass is 10.0. The van der Waals surface area contributed by atoms with Crippen LogP contribution >= 0.6 is 0 Å². The van der Waals surface area contributed by atoms with E-state index in [2.05, 4.69) is 13.8 Å². The second-order valence-electron chi connectivity index (χ2n) is 4.13. The van der Waals surface area contributed by atoms with E-state index in [1.807, 2.05) is 0 Å². The SMILES string of the molecule is CC[C@H]1C[C@H]1C1=C(C)CCC1=O. The van der Waals surface area contributed by atoms with Gasteiger partial charge in [-0.2, -0.15) is 0 Å². The third-order valence-corrected chi connectivity index (χ3v) is 3.31. The van der Waals surface area contributed by atoms with Crippen LogP contribution < -0.4 is 0 Å². The van der Waals surface area contributed by atoms with Crippen molar-refractivity contribution in [2.75, 3.05) is 0 Å². The fourth-order valence-electron chi connectivity index (χ4n) is 2.38. The maximum atomic E-state index is 11.5. The van der Waals surface area contributed by atoms with Crippen LogP contribution in [0.25, 0.3) is 0 Å². The highest BCUT2D eigenvalue weighted by molar-refractivity contribution is 5.99. The van der Waals surface area contributed by atoms with Gasteiger partial charge in [0, 0.05) is 6.42 Å². The zero-order chi connectivity index (χ0) is 8.72. The highest BCUT2D eigenvalue weighted by Gasteiger charge is 2.42. The molecule has 2 aliphatic carbocycles. The molecule has 0 aromatic rings. The largest absolute Gasteiger partial charge is 0.295 e. The van der Waals surface area contributed by atoms with Gasteiger partial charge in [-0.25, -0.2) is 0 Å². The van der Waals surface area contributed by atoms with Crippen LogP contribution in [0.3, 0.4) is 0 Å². The van der Waals surface area contributed by atoms with E-state index in [1.165, 1.54) is 24.0 Å². The molecular formula is C11H16O. The van der Waals surface area contributed by atoms with Crippen molar-refractivity contribution >= 4 is 5.78 Å². The smallest absolute Gasteiger partial charge is 0.159 e. The maximum absolute atomic E-state index is 11.5. The Morgan fingerprint density at radius 2 is 2.17 bits per heavy atom. The number of Topliss-reactive ketones (excluding diaryl/α,β-unsaturated/α-hetero) is 1. The molecule has 0 heterocycles. The molecule has 1 nitrogen and oxygen atoms in total. The van der Waals surface area contributed by atoms with Crippen LogP contribution in [0.2, 0.25) is 0 Å². The van der Waals surface area contributed by atoms with Gasteiger partial charge in [0.25, 0.3) is 0 Å². The summed E-state index contributed by atoms with van der Waals surface area (Å²) in [5, 5.41) is 0. The van der Waals surface area contributed by atoms with Crippen LogP contribution in [-0.2, 0) is 4.79 Å². The van der Waals surface area contributed by atoms with Gasteiger partial charge < -0.3 is 0 Å². The second-order valence-corrected chi connectivity index (χ2v) is 4.13. The summed E-state index contributed by atoms with van der Waals surface area (Å²) in [7, 11) is 0. The topological polar surface area (TPSA) is 17.1 Å². The first-order valence-electron chi connectivity index (χ1n) is 4.97. The molecule has 2 aliphatic rings. The lowest BCUT2D eigenvalue weighted by molar-refractivity contribution is -0.115. The summed E-state index contributed by atoms with van der Waals surface area (Å²) in [4.78, 5) is 11.5. The highest BCUT2D eigenvalue weighted by atomic mass is 16.1. The summed E-state index contributed by atoms with van der Waals surface area (Å²) < 4.78 is 0. The van der Waals surface area contributed by atoms with Crippen molar-refractivity contribution < 1.29 is 4.79 Å². The first kappa shape index (κ1) is 8.03. The molecule has 0 aromatic heterocycles. The Bertz CT molecular complexity index is 250. The fraction of sp³-hybridized carbons (Fsp3) is 0.727. The van der Waals surface area contributed by atoms with Gasteiger partial charge in [0.05, 0.1) is 0 Å². The van der Waals surface area contributed by atoms with Gasteiger partial charge in [-0.3, -0.25) is 4.79 Å². The number of carbonyl (C=O) groups is 1. The zero-order valence-corrected chi connectivity index (χ0v) is 7.89. The van der Waals surface area contributed by atoms with E-state index in [0.29, 0.717) is 11.7 Å². The zero-order valence-electron chi connectivity index (χ0n) is 7.89. The minimum atomic E-state index is 0.438. The molecular weight excluding hydrogens is 148 g/mol. The molecule has 0 spiro atoms. The summed E-state index contributed by atoms with van der Waals surface area (Å²) in [5.41, 5.74) is 2.59. The average Bonchev–Trinajstić information content (AvgIpc) is 2.74. The summed E-state index contributed by atoms with van der Waals surface area (Å²) in [6.45, 7) is 4.35. The number of rotatable bonds is 2. The van der Waals surface area contributed by atoms with Gasteiger partial charge in [0.15, 0.2) is 5.78 Å². The van der Waals surface area contributed by atoms with Gasteiger partial charge in [0.2, 0.25) is 0 Å². The third kappa shape index (κ3) is 1.12. The molecule has 2 rings (SSSR count). The maximum Gasteiger partial charge on any atom is 0.159 e. The average molecular weight is 164 g/mol. The molecule has 1 fully saturated rings. The highest BCUT2D eigenvalue weighted by Crippen LogP contribution is 2.49. The van der Waals surface area contributed by atoms with Crippen LogP contribution in [-0.4, -0.2) is 5.78 Å². The molecule has 0 radical (unpaired) electrons. The van der Waals surface area contributed by atoms with E-state index < -0.39 is 0 Å². The molecule has 0 unspecified atom stereocenters. The van der Waals surface area contributed by atoms with Crippen LogP contribution in [0, 0.1) is 11.8 Å². The molecule has 0 saturated heterocycles. The van der Waals surface area contributed by atoms with Crippen molar-refractivity contribution in [2.45, 2.75) is 39.5 Å². The number of hydrogen-bond acceptors (Lipinski definition) is 1. The predicted molar refractivity (Wildman–Crippen MR) is 48.8 cm³/mol. The van der Waals surface area contributed by atoms with Gasteiger partial charge in [-0.15, -0.1) is 0 Å². The van der Waals surface area contributed by atoms with E-state index in [9.17, 15) is 4.79 Å².